The van der Waals surface area contributed by atoms with Crippen LogP contribution in [-0.2, 0) is 14.4 Å². The molecule has 0 aliphatic carbocycles. The Labute approximate surface area is 169 Å². The molecule has 0 aromatic heterocycles. The van der Waals surface area contributed by atoms with E-state index in [4.69, 9.17) is 16.0 Å². The Bertz CT molecular complexity index is 731. The zero-order valence-electron chi connectivity index (χ0n) is 16.9. The number of aliphatic hydroxyl groups excluding tert-OH is 1. The average Bonchev–Trinajstić information content (AvgIpc) is 2.59. The summed E-state index contributed by atoms with van der Waals surface area (Å²) in [6, 6.07) is 5.50. The summed E-state index contributed by atoms with van der Waals surface area (Å²) in [5.74, 6) is 0. The summed E-state index contributed by atoms with van der Waals surface area (Å²) in [6.07, 6.45) is 2.27. The number of halogens is 1. The third-order valence-corrected chi connectivity index (χ3v) is 12.6. The van der Waals surface area contributed by atoms with Gasteiger partial charge in [0.25, 0.3) is 0 Å². The third kappa shape index (κ3) is 5.13. The number of rotatable bonds is 6. The van der Waals surface area contributed by atoms with E-state index in [0.29, 0.717) is 18.1 Å². The van der Waals surface area contributed by atoms with E-state index < -0.39 is 24.4 Å². The maximum atomic E-state index is 13.3. The quantitative estimate of drug-likeness (QED) is 0.680. The molecule has 0 saturated carbocycles. The largest absolute Gasteiger partial charge is 0.415 e. The Hall–Kier alpha value is -0.443. The van der Waals surface area contributed by atoms with E-state index >= 15 is 0 Å². The monoisotopic (exact) mass is 433 g/mol. The number of nitrogens with zero attached hydrogens (tertiary/aromatic N) is 1. The van der Waals surface area contributed by atoms with E-state index in [1.54, 1.807) is 12.1 Å². The zero-order chi connectivity index (χ0) is 20.5. The molecule has 2 unspecified atom stereocenters. The van der Waals surface area contributed by atoms with Crippen LogP contribution in [0.15, 0.2) is 29.2 Å². The standard InChI is InChI=1S/C19H32ClNO4SSi/c1-19(2,3)27(4,5)25-14-17-8-6-7-16(13-22)21(17)26(23,24)18-11-9-15(20)10-12-18/h9-12,16-17,22H,6-8,13-14H2,1-5H3. The minimum atomic E-state index is -3.74. The Kier molecular flexibility index (Phi) is 7.20. The van der Waals surface area contributed by atoms with Gasteiger partial charge in [0.2, 0.25) is 10.0 Å². The predicted molar refractivity (Wildman–Crippen MR) is 112 cm³/mol. The fourth-order valence-electron chi connectivity index (χ4n) is 3.11. The molecule has 2 rings (SSSR count). The summed E-state index contributed by atoms with van der Waals surface area (Å²) < 4.78 is 34.5. The molecule has 1 heterocycles. The summed E-state index contributed by atoms with van der Waals surface area (Å²) in [5, 5.41) is 10.4. The molecule has 2 atom stereocenters. The van der Waals surface area contributed by atoms with Crippen LogP contribution in [0.2, 0.25) is 23.2 Å². The highest BCUT2D eigenvalue weighted by molar-refractivity contribution is 7.89. The summed E-state index contributed by atoms with van der Waals surface area (Å²) >= 11 is 5.91. The average molecular weight is 434 g/mol. The van der Waals surface area contributed by atoms with E-state index in [0.717, 1.165) is 12.8 Å². The SMILES string of the molecule is CC(C)(C)[Si](C)(C)OCC1CCCC(CO)N1S(=O)(=O)c1ccc(Cl)cc1. The normalized spacial score (nSPS) is 22.8. The van der Waals surface area contributed by atoms with Gasteiger partial charge >= 0.3 is 0 Å². The van der Waals surface area contributed by atoms with Crippen LogP contribution >= 0.6 is 11.6 Å². The molecule has 1 aromatic rings. The summed E-state index contributed by atoms with van der Waals surface area (Å²) in [5.41, 5.74) is 0. The molecule has 0 radical (unpaired) electrons. The maximum absolute atomic E-state index is 13.3. The number of sulfonamides is 1. The van der Waals surface area contributed by atoms with Gasteiger partial charge in [-0.25, -0.2) is 8.42 Å². The van der Waals surface area contributed by atoms with Crippen molar-refractivity contribution in [1.29, 1.82) is 0 Å². The smallest absolute Gasteiger partial charge is 0.243 e. The Morgan fingerprint density at radius 1 is 1.19 bits per heavy atom. The first-order chi connectivity index (χ1) is 12.4. The van der Waals surface area contributed by atoms with Gasteiger partial charge in [-0.1, -0.05) is 38.8 Å². The van der Waals surface area contributed by atoms with Gasteiger partial charge in [-0.3, -0.25) is 0 Å². The van der Waals surface area contributed by atoms with Gasteiger partial charge in [-0.2, -0.15) is 4.31 Å². The fraction of sp³-hybridized carbons (Fsp3) is 0.684. The molecular weight excluding hydrogens is 402 g/mol. The van der Waals surface area contributed by atoms with Gasteiger partial charge in [-0.15, -0.1) is 0 Å². The predicted octanol–water partition coefficient (Wildman–Crippen LogP) is 4.27. The molecule has 0 bridgehead atoms. The van der Waals surface area contributed by atoms with Crippen molar-refractivity contribution in [3.05, 3.63) is 29.3 Å². The zero-order valence-corrected chi connectivity index (χ0v) is 19.5. The topological polar surface area (TPSA) is 66.8 Å². The van der Waals surface area contributed by atoms with Crippen LogP contribution in [0.4, 0.5) is 0 Å². The van der Waals surface area contributed by atoms with Gasteiger partial charge in [0.1, 0.15) is 0 Å². The van der Waals surface area contributed by atoms with Crippen molar-refractivity contribution in [3.63, 3.8) is 0 Å². The molecule has 27 heavy (non-hydrogen) atoms. The molecular formula is C19H32ClNO4SSi. The van der Waals surface area contributed by atoms with Crippen molar-refractivity contribution in [2.75, 3.05) is 13.2 Å². The second-order valence-electron chi connectivity index (χ2n) is 8.78. The van der Waals surface area contributed by atoms with E-state index in [1.807, 2.05) is 0 Å². The van der Waals surface area contributed by atoms with Gasteiger partial charge in [0, 0.05) is 17.1 Å². The second-order valence-corrected chi connectivity index (χ2v) is 15.9. The summed E-state index contributed by atoms with van der Waals surface area (Å²) in [7, 11) is -5.74. The number of hydrogen-bond donors (Lipinski definition) is 1. The van der Waals surface area contributed by atoms with Crippen molar-refractivity contribution in [1.82, 2.24) is 4.31 Å². The van der Waals surface area contributed by atoms with Crippen molar-refractivity contribution in [3.8, 4) is 0 Å². The second kappa shape index (κ2) is 8.51. The first-order valence-corrected chi connectivity index (χ1v) is 14.2. The highest BCUT2D eigenvalue weighted by Gasteiger charge is 2.42. The molecule has 0 spiro atoms. The van der Waals surface area contributed by atoms with Crippen LogP contribution in [-0.4, -0.2) is 51.4 Å². The third-order valence-electron chi connectivity index (χ3n) is 5.84. The number of hydrogen-bond acceptors (Lipinski definition) is 4. The lowest BCUT2D eigenvalue weighted by Gasteiger charge is -2.43. The molecule has 1 aliphatic heterocycles. The van der Waals surface area contributed by atoms with Crippen LogP contribution < -0.4 is 0 Å². The minimum Gasteiger partial charge on any atom is -0.415 e. The summed E-state index contributed by atoms with van der Waals surface area (Å²) in [4.78, 5) is 0.199. The lowest BCUT2D eigenvalue weighted by Crippen LogP contribution is -2.54. The fourth-order valence-corrected chi connectivity index (χ4v) is 6.13. The van der Waals surface area contributed by atoms with E-state index in [1.165, 1.54) is 16.4 Å². The molecule has 1 aliphatic rings. The van der Waals surface area contributed by atoms with Crippen LogP contribution in [0.5, 0.6) is 0 Å². The molecule has 8 heteroatoms. The molecule has 5 nitrogen and oxygen atoms in total. The molecule has 1 aromatic carbocycles. The summed E-state index contributed by atoms with van der Waals surface area (Å²) in [6.45, 7) is 11.0. The van der Waals surface area contributed by atoms with Gasteiger partial charge in [0.15, 0.2) is 8.32 Å². The van der Waals surface area contributed by atoms with Crippen molar-refractivity contribution in [2.24, 2.45) is 0 Å². The lowest BCUT2D eigenvalue weighted by atomic mass is 9.99. The van der Waals surface area contributed by atoms with Crippen LogP contribution in [0.3, 0.4) is 0 Å². The Morgan fingerprint density at radius 2 is 1.74 bits per heavy atom. The molecule has 1 saturated heterocycles. The molecule has 1 N–H and O–H groups in total. The molecule has 1 fully saturated rings. The highest BCUT2D eigenvalue weighted by atomic mass is 35.5. The van der Waals surface area contributed by atoms with Crippen molar-refractivity contribution < 1.29 is 18.0 Å². The Morgan fingerprint density at radius 3 is 2.26 bits per heavy atom. The molecule has 0 amide bonds. The maximum Gasteiger partial charge on any atom is 0.243 e. The molecule has 154 valence electrons. The number of aliphatic hydroxyl groups is 1. The Balaban J connectivity index is 2.31. The minimum absolute atomic E-state index is 0.0535. The van der Waals surface area contributed by atoms with E-state index in [2.05, 4.69) is 33.9 Å². The number of piperidine rings is 1. The number of benzene rings is 1. The van der Waals surface area contributed by atoms with E-state index in [9.17, 15) is 13.5 Å². The van der Waals surface area contributed by atoms with Gasteiger partial charge in [0.05, 0.1) is 18.1 Å². The van der Waals surface area contributed by atoms with Crippen LogP contribution in [0.25, 0.3) is 0 Å². The van der Waals surface area contributed by atoms with Crippen LogP contribution in [0, 0.1) is 0 Å². The highest BCUT2D eigenvalue weighted by Crippen LogP contribution is 2.38. The van der Waals surface area contributed by atoms with Crippen LogP contribution in [0.1, 0.15) is 40.0 Å². The van der Waals surface area contributed by atoms with Crippen molar-refractivity contribution >= 4 is 29.9 Å². The lowest BCUT2D eigenvalue weighted by molar-refractivity contribution is 0.0840. The van der Waals surface area contributed by atoms with Crippen molar-refractivity contribution in [2.45, 2.75) is 75.1 Å². The van der Waals surface area contributed by atoms with Gasteiger partial charge in [-0.05, 0) is 55.2 Å². The van der Waals surface area contributed by atoms with E-state index in [-0.39, 0.29) is 22.6 Å². The first-order valence-electron chi connectivity index (χ1n) is 9.44. The first kappa shape index (κ1) is 22.8. The van der Waals surface area contributed by atoms with Gasteiger partial charge < -0.3 is 9.53 Å².